The fourth-order valence-corrected chi connectivity index (χ4v) is 2.17. The molecule has 2 aromatic rings. The van der Waals surface area contributed by atoms with E-state index in [-0.39, 0.29) is 16.9 Å². The molecule has 0 heterocycles. The van der Waals surface area contributed by atoms with Crippen molar-refractivity contribution in [3.8, 4) is 0 Å². The van der Waals surface area contributed by atoms with Crippen molar-refractivity contribution in [1.29, 1.82) is 0 Å². The summed E-state index contributed by atoms with van der Waals surface area (Å²) < 4.78 is 14.6. The fraction of sp³-hybridized carbons (Fsp3) is 0.0714. The lowest BCUT2D eigenvalue weighted by molar-refractivity contribution is 0.0698. The maximum Gasteiger partial charge on any atom is 0.337 e. The molecule has 20 heavy (non-hydrogen) atoms. The van der Waals surface area contributed by atoms with E-state index >= 15 is 0 Å². The number of nitrogen functional groups attached to an aromatic ring is 1. The Morgan fingerprint density at radius 2 is 2.05 bits per heavy atom. The number of nitrogens with two attached hydrogens (primary N) is 1. The lowest BCUT2D eigenvalue weighted by Crippen LogP contribution is -2.07. The summed E-state index contributed by atoms with van der Waals surface area (Å²) in [6, 6.07) is 9.70. The Morgan fingerprint density at radius 3 is 2.70 bits per heavy atom. The van der Waals surface area contributed by atoms with Gasteiger partial charge in [-0.3, -0.25) is 0 Å². The highest BCUT2D eigenvalue weighted by Crippen LogP contribution is 2.24. The molecule has 6 heteroatoms. The number of carboxylic acid groups (broad SMARTS) is 1. The summed E-state index contributed by atoms with van der Waals surface area (Å²) in [5, 5.41) is 11.8. The fourth-order valence-electron chi connectivity index (χ4n) is 1.74. The smallest absolute Gasteiger partial charge is 0.337 e. The molecule has 0 fully saturated rings. The van der Waals surface area contributed by atoms with Gasteiger partial charge < -0.3 is 16.2 Å². The van der Waals surface area contributed by atoms with Crippen LogP contribution in [0.2, 0.25) is 0 Å². The molecule has 0 bridgehead atoms. The number of anilines is 2. The van der Waals surface area contributed by atoms with Crippen molar-refractivity contribution in [3.05, 3.63) is 57.8 Å². The van der Waals surface area contributed by atoms with E-state index in [4.69, 9.17) is 10.8 Å². The van der Waals surface area contributed by atoms with Gasteiger partial charge in [0.2, 0.25) is 0 Å². The van der Waals surface area contributed by atoms with E-state index < -0.39 is 11.8 Å². The largest absolute Gasteiger partial charge is 0.478 e. The molecule has 0 saturated heterocycles. The van der Waals surface area contributed by atoms with Gasteiger partial charge in [-0.15, -0.1) is 0 Å². The van der Waals surface area contributed by atoms with Gasteiger partial charge in [0.15, 0.2) is 0 Å². The van der Waals surface area contributed by atoms with E-state index in [2.05, 4.69) is 21.2 Å². The summed E-state index contributed by atoms with van der Waals surface area (Å²) in [7, 11) is 0. The summed E-state index contributed by atoms with van der Waals surface area (Å²) >= 11 is 3.39. The number of aromatic carboxylic acids is 1. The average Bonchev–Trinajstić information content (AvgIpc) is 2.39. The lowest BCUT2D eigenvalue weighted by atomic mass is 10.1. The van der Waals surface area contributed by atoms with Gasteiger partial charge in [0.1, 0.15) is 5.82 Å². The summed E-state index contributed by atoms with van der Waals surface area (Å²) in [5.74, 6) is -1.77. The van der Waals surface area contributed by atoms with Gasteiger partial charge in [-0.2, -0.15) is 0 Å². The van der Waals surface area contributed by atoms with Gasteiger partial charge in [-0.25, -0.2) is 9.18 Å². The topological polar surface area (TPSA) is 75.3 Å². The molecular formula is C14H12BrFN2O2. The van der Waals surface area contributed by atoms with Gasteiger partial charge in [-0.05, 0) is 23.8 Å². The molecule has 2 aromatic carbocycles. The summed E-state index contributed by atoms with van der Waals surface area (Å²) in [5.41, 5.74) is 6.28. The standard InChI is InChI=1S/C14H12BrFN2O2/c15-10-4-2-1-3-8(10)7-18-13-5-9(14(19)20)12(17)6-11(13)16/h1-6,18H,7,17H2,(H,19,20). The monoisotopic (exact) mass is 338 g/mol. The van der Waals surface area contributed by atoms with Crippen LogP contribution in [0.4, 0.5) is 15.8 Å². The van der Waals surface area contributed by atoms with Crippen molar-refractivity contribution in [3.63, 3.8) is 0 Å². The molecule has 4 N–H and O–H groups in total. The molecule has 4 nitrogen and oxygen atoms in total. The van der Waals surface area contributed by atoms with Gasteiger partial charge in [0, 0.05) is 16.7 Å². The Labute approximate surface area is 123 Å². The van der Waals surface area contributed by atoms with Crippen LogP contribution in [-0.4, -0.2) is 11.1 Å². The van der Waals surface area contributed by atoms with E-state index in [0.717, 1.165) is 16.1 Å². The number of hydrogen-bond donors (Lipinski definition) is 3. The highest BCUT2D eigenvalue weighted by molar-refractivity contribution is 9.10. The summed E-state index contributed by atoms with van der Waals surface area (Å²) in [6.07, 6.45) is 0. The third kappa shape index (κ3) is 3.08. The third-order valence-electron chi connectivity index (χ3n) is 2.80. The van der Waals surface area contributed by atoms with Crippen molar-refractivity contribution in [2.75, 3.05) is 11.1 Å². The molecule has 0 aromatic heterocycles. The quantitative estimate of drug-likeness (QED) is 0.746. The first-order valence-electron chi connectivity index (χ1n) is 5.78. The molecule has 0 spiro atoms. The average molecular weight is 339 g/mol. The van der Waals surface area contributed by atoms with Crippen molar-refractivity contribution in [2.24, 2.45) is 0 Å². The number of carbonyl (C=O) groups is 1. The Balaban J connectivity index is 2.24. The maximum absolute atomic E-state index is 13.8. The van der Waals surface area contributed by atoms with E-state index in [1.807, 2.05) is 24.3 Å². The zero-order valence-corrected chi connectivity index (χ0v) is 11.9. The number of hydrogen-bond acceptors (Lipinski definition) is 3. The van der Waals surface area contributed by atoms with Crippen LogP contribution in [0.5, 0.6) is 0 Å². The van der Waals surface area contributed by atoms with E-state index in [0.29, 0.717) is 6.54 Å². The van der Waals surface area contributed by atoms with Crippen LogP contribution >= 0.6 is 15.9 Å². The molecule has 0 atom stereocenters. The Kier molecular flexibility index (Phi) is 4.24. The molecule has 0 radical (unpaired) electrons. The Hall–Kier alpha value is -2.08. The Bertz CT molecular complexity index is 662. The van der Waals surface area contributed by atoms with Crippen LogP contribution in [0.3, 0.4) is 0 Å². The molecular weight excluding hydrogens is 327 g/mol. The predicted octanol–water partition coefficient (Wildman–Crippen LogP) is 3.48. The van der Waals surface area contributed by atoms with Crippen molar-refractivity contribution < 1.29 is 14.3 Å². The van der Waals surface area contributed by atoms with Crippen LogP contribution in [-0.2, 0) is 6.54 Å². The predicted molar refractivity (Wildman–Crippen MR) is 79.2 cm³/mol. The van der Waals surface area contributed by atoms with Gasteiger partial charge in [0.25, 0.3) is 0 Å². The highest BCUT2D eigenvalue weighted by atomic mass is 79.9. The van der Waals surface area contributed by atoms with E-state index in [9.17, 15) is 9.18 Å². The SMILES string of the molecule is Nc1cc(F)c(NCc2ccccc2Br)cc1C(=O)O. The summed E-state index contributed by atoms with van der Waals surface area (Å²) in [4.78, 5) is 11.0. The molecule has 0 aliphatic heterocycles. The normalized spacial score (nSPS) is 10.3. The molecule has 0 aliphatic carbocycles. The minimum atomic E-state index is -1.19. The van der Waals surface area contributed by atoms with Crippen molar-refractivity contribution in [2.45, 2.75) is 6.54 Å². The molecule has 0 aliphatic rings. The molecule has 0 saturated carbocycles. The van der Waals surface area contributed by atoms with Crippen LogP contribution in [0, 0.1) is 5.82 Å². The lowest BCUT2D eigenvalue weighted by Gasteiger charge is -2.11. The minimum Gasteiger partial charge on any atom is -0.478 e. The first kappa shape index (κ1) is 14.3. The minimum absolute atomic E-state index is 0.0959. The van der Waals surface area contributed by atoms with Crippen molar-refractivity contribution in [1.82, 2.24) is 0 Å². The number of carboxylic acids is 1. The zero-order valence-electron chi connectivity index (χ0n) is 10.4. The third-order valence-corrected chi connectivity index (χ3v) is 3.57. The first-order valence-corrected chi connectivity index (χ1v) is 6.58. The molecule has 0 unspecified atom stereocenters. The van der Waals surface area contributed by atoms with Gasteiger partial charge >= 0.3 is 5.97 Å². The maximum atomic E-state index is 13.8. The van der Waals surface area contributed by atoms with Gasteiger partial charge in [0.05, 0.1) is 11.3 Å². The van der Waals surface area contributed by atoms with Crippen LogP contribution in [0.25, 0.3) is 0 Å². The first-order chi connectivity index (χ1) is 9.49. The van der Waals surface area contributed by atoms with Crippen LogP contribution in [0.15, 0.2) is 40.9 Å². The van der Waals surface area contributed by atoms with Gasteiger partial charge in [-0.1, -0.05) is 34.1 Å². The molecule has 104 valence electrons. The number of rotatable bonds is 4. The highest BCUT2D eigenvalue weighted by Gasteiger charge is 2.13. The van der Waals surface area contributed by atoms with Crippen LogP contribution < -0.4 is 11.1 Å². The summed E-state index contributed by atoms with van der Waals surface area (Å²) in [6.45, 7) is 0.362. The second-order valence-electron chi connectivity index (χ2n) is 4.17. The zero-order chi connectivity index (χ0) is 14.7. The van der Waals surface area contributed by atoms with Crippen LogP contribution in [0.1, 0.15) is 15.9 Å². The Morgan fingerprint density at radius 1 is 1.35 bits per heavy atom. The number of halogens is 2. The molecule has 0 amide bonds. The van der Waals surface area contributed by atoms with E-state index in [1.54, 1.807) is 0 Å². The number of nitrogens with one attached hydrogen (secondary N) is 1. The molecule has 2 rings (SSSR count). The second kappa shape index (κ2) is 5.92. The second-order valence-corrected chi connectivity index (χ2v) is 5.02. The van der Waals surface area contributed by atoms with E-state index in [1.165, 1.54) is 6.07 Å². The van der Waals surface area contributed by atoms with Crippen molar-refractivity contribution >= 4 is 33.3 Å². The number of benzene rings is 2.